The third kappa shape index (κ3) is 4.55. The summed E-state index contributed by atoms with van der Waals surface area (Å²) in [6, 6.07) is 0. The monoisotopic (exact) mass is 218 g/mol. The fourth-order valence-electron chi connectivity index (χ4n) is 0.984. The Morgan fingerprint density at radius 1 is 1.21 bits per heavy atom. The van der Waals surface area contributed by atoms with Crippen LogP contribution in [0.2, 0.25) is 0 Å². The summed E-state index contributed by atoms with van der Waals surface area (Å²) < 4.78 is 24.6. The third-order valence-corrected chi connectivity index (χ3v) is 3.55. The minimum atomic E-state index is -3.20. The predicted molar refractivity (Wildman–Crippen MR) is 59.4 cm³/mol. The first-order valence-electron chi connectivity index (χ1n) is 4.48. The van der Waals surface area contributed by atoms with Crippen molar-refractivity contribution in [1.82, 2.24) is 4.31 Å². The summed E-state index contributed by atoms with van der Waals surface area (Å²) >= 11 is 0. The second-order valence-corrected chi connectivity index (χ2v) is 4.94. The van der Waals surface area contributed by atoms with Crippen molar-refractivity contribution in [1.29, 1.82) is 0 Å². The summed E-state index contributed by atoms with van der Waals surface area (Å²) in [6.07, 6.45) is 3.60. The van der Waals surface area contributed by atoms with Gasteiger partial charge in [-0.05, 0) is 13.0 Å². The zero-order valence-electron chi connectivity index (χ0n) is 8.35. The van der Waals surface area contributed by atoms with Crippen LogP contribution < -0.4 is 5.73 Å². The molecule has 0 spiro atoms. The molecule has 0 aliphatic carbocycles. The van der Waals surface area contributed by atoms with Gasteiger partial charge in [0.25, 0.3) is 0 Å². The van der Waals surface area contributed by atoms with Crippen molar-refractivity contribution >= 4 is 10.0 Å². The molecule has 0 aliphatic heterocycles. The molecular weight excluding hydrogens is 200 g/mol. The van der Waals surface area contributed by atoms with Gasteiger partial charge in [-0.2, -0.15) is 4.31 Å². The molecule has 82 valence electrons. The van der Waals surface area contributed by atoms with Gasteiger partial charge in [0.2, 0.25) is 10.0 Å². The smallest absolute Gasteiger partial charge is 0.214 e. The Bertz CT molecular complexity index is 263. The van der Waals surface area contributed by atoms with Crippen molar-refractivity contribution in [2.75, 3.05) is 25.4 Å². The van der Waals surface area contributed by atoms with Gasteiger partial charge in [0.1, 0.15) is 0 Å². The first-order chi connectivity index (χ1) is 6.58. The highest BCUT2D eigenvalue weighted by Gasteiger charge is 2.18. The van der Waals surface area contributed by atoms with Gasteiger partial charge in [-0.1, -0.05) is 12.2 Å². The van der Waals surface area contributed by atoms with E-state index in [-0.39, 0.29) is 5.75 Å². The van der Waals surface area contributed by atoms with E-state index in [1.807, 2.05) is 0 Å². The largest absolute Gasteiger partial charge is 0.330 e. The molecule has 0 atom stereocenters. The van der Waals surface area contributed by atoms with Crippen LogP contribution in [-0.4, -0.2) is 38.1 Å². The zero-order chi connectivity index (χ0) is 11.0. The second kappa shape index (κ2) is 6.75. The van der Waals surface area contributed by atoms with Crippen LogP contribution in [0.25, 0.3) is 0 Å². The standard InChI is InChI=1S/C9H18N2O2S/c1-3-7-11(8-4-2)14(12,13)9-5-6-10/h3-4H,1-2,5-10H2. The zero-order valence-corrected chi connectivity index (χ0v) is 9.17. The highest BCUT2D eigenvalue weighted by molar-refractivity contribution is 7.89. The van der Waals surface area contributed by atoms with Crippen molar-refractivity contribution in [2.24, 2.45) is 5.73 Å². The van der Waals surface area contributed by atoms with Gasteiger partial charge in [0.05, 0.1) is 5.75 Å². The van der Waals surface area contributed by atoms with E-state index in [2.05, 4.69) is 13.2 Å². The lowest BCUT2D eigenvalue weighted by Crippen LogP contribution is -2.33. The van der Waals surface area contributed by atoms with Crippen LogP contribution in [0.4, 0.5) is 0 Å². The molecule has 5 heteroatoms. The highest BCUT2D eigenvalue weighted by Crippen LogP contribution is 2.03. The molecule has 14 heavy (non-hydrogen) atoms. The van der Waals surface area contributed by atoms with Gasteiger partial charge in [0.15, 0.2) is 0 Å². The topological polar surface area (TPSA) is 63.4 Å². The number of nitrogens with two attached hydrogens (primary N) is 1. The molecule has 0 rings (SSSR count). The summed E-state index contributed by atoms with van der Waals surface area (Å²) in [6.45, 7) is 8.04. The summed E-state index contributed by atoms with van der Waals surface area (Å²) in [5.41, 5.74) is 5.26. The van der Waals surface area contributed by atoms with Crippen molar-refractivity contribution in [3.63, 3.8) is 0 Å². The van der Waals surface area contributed by atoms with Gasteiger partial charge < -0.3 is 5.73 Å². The van der Waals surface area contributed by atoms with Crippen LogP contribution >= 0.6 is 0 Å². The van der Waals surface area contributed by atoms with Crippen molar-refractivity contribution in [3.05, 3.63) is 25.3 Å². The molecule has 2 N–H and O–H groups in total. The molecule has 0 fully saturated rings. The average Bonchev–Trinajstić information content (AvgIpc) is 2.14. The molecule has 0 aromatic heterocycles. The van der Waals surface area contributed by atoms with E-state index in [0.717, 1.165) is 0 Å². The van der Waals surface area contributed by atoms with Gasteiger partial charge in [-0.15, -0.1) is 13.2 Å². The number of sulfonamides is 1. The van der Waals surface area contributed by atoms with Crippen LogP contribution in [0.5, 0.6) is 0 Å². The molecule has 4 nitrogen and oxygen atoms in total. The van der Waals surface area contributed by atoms with E-state index in [1.54, 1.807) is 12.2 Å². The maximum absolute atomic E-state index is 11.6. The van der Waals surface area contributed by atoms with E-state index < -0.39 is 10.0 Å². The Morgan fingerprint density at radius 3 is 2.07 bits per heavy atom. The molecular formula is C9H18N2O2S. The molecule has 0 aromatic carbocycles. The van der Waals surface area contributed by atoms with E-state index >= 15 is 0 Å². The summed E-state index contributed by atoms with van der Waals surface area (Å²) in [5.74, 6) is 0.0885. The Labute approximate surface area is 86.1 Å². The number of rotatable bonds is 8. The molecule has 0 saturated carbocycles. The van der Waals surface area contributed by atoms with E-state index in [1.165, 1.54) is 4.31 Å². The van der Waals surface area contributed by atoms with Crippen LogP contribution in [0.1, 0.15) is 6.42 Å². The average molecular weight is 218 g/mol. The van der Waals surface area contributed by atoms with Crippen LogP contribution in [-0.2, 0) is 10.0 Å². The first kappa shape index (κ1) is 13.4. The lowest BCUT2D eigenvalue weighted by Gasteiger charge is -2.18. The molecule has 0 amide bonds. The van der Waals surface area contributed by atoms with Crippen LogP contribution in [0, 0.1) is 0 Å². The lowest BCUT2D eigenvalue weighted by atomic mass is 10.5. The summed E-state index contributed by atoms with van der Waals surface area (Å²) in [5, 5.41) is 0. The maximum atomic E-state index is 11.6. The highest BCUT2D eigenvalue weighted by atomic mass is 32.2. The molecule has 0 aromatic rings. The van der Waals surface area contributed by atoms with Crippen molar-refractivity contribution in [2.45, 2.75) is 6.42 Å². The van der Waals surface area contributed by atoms with Crippen LogP contribution in [0.15, 0.2) is 25.3 Å². The molecule has 0 heterocycles. The Morgan fingerprint density at radius 2 is 1.71 bits per heavy atom. The molecule has 0 radical (unpaired) electrons. The summed E-state index contributed by atoms with van der Waals surface area (Å²) in [7, 11) is -3.20. The number of hydrogen-bond donors (Lipinski definition) is 1. The van der Waals surface area contributed by atoms with Crippen LogP contribution in [0.3, 0.4) is 0 Å². The summed E-state index contributed by atoms with van der Waals surface area (Å²) in [4.78, 5) is 0. The Kier molecular flexibility index (Phi) is 6.44. The fraction of sp³-hybridized carbons (Fsp3) is 0.556. The van der Waals surface area contributed by atoms with E-state index in [0.29, 0.717) is 26.1 Å². The number of nitrogens with zero attached hydrogens (tertiary/aromatic N) is 1. The van der Waals surface area contributed by atoms with E-state index in [9.17, 15) is 8.42 Å². The Balaban J connectivity index is 4.44. The lowest BCUT2D eigenvalue weighted by molar-refractivity contribution is 0.473. The molecule has 0 aliphatic rings. The third-order valence-electron chi connectivity index (χ3n) is 1.67. The molecule has 0 bridgehead atoms. The van der Waals surface area contributed by atoms with E-state index in [4.69, 9.17) is 5.73 Å². The second-order valence-electron chi connectivity index (χ2n) is 2.85. The molecule has 0 saturated heterocycles. The quantitative estimate of drug-likeness (QED) is 0.597. The van der Waals surface area contributed by atoms with Crippen molar-refractivity contribution in [3.8, 4) is 0 Å². The minimum absolute atomic E-state index is 0.0885. The van der Waals surface area contributed by atoms with Crippen molar-refractivity contribution < 1.29 is 8.42 Å². The SMILES string of the molecule is C=CCN(CC=C)S(=O)(=O)CCCN. The fourth-order valence-corrected chi connectivity index (χ4v) is 2.44. The van der Waals surface area contributed by atoms with Gasteiger partial charge in [0, 0.05) is 13.1 Å². The number of hydrogen-bond acceptors (Lipinski definition) is 3. The first-order valence-corrected chi connectivity index (χ1v) is 6.09. The minimum Gasteiger partial charge on any atom is -0.330 e. The maximum Gasteiger partial charge on any atom is 0.214 e. The molecule has 0 unspecified atom stereocenters. The van der Waals surface area contributed by atoms with Gasteiger partial charge in [-0.3, -0.25) is 0 Å². The van der Waals surface area contributed by atoms with Gasteiger partial charge >= 0.3 is 0 Å². The van der Waals surface area contributed by atoms with Gasteiger partial charge in [-0.25, -0.2) is 8.42 Å². The normalized spacial score (nSPS) is 11.6. The Hall–Kier alpha value is -0.650. The predicted octanol–water partition coefficient (Wildman–Crippen LogP) is 0.339.